The first-order valence-electron chi connectivity index (χ1n) is 10.5. The second kappa shape index (κ2) is 9.79. The maximum absolute atomic E-state index is 12.4. The normalized spacial score (nSPS) is 11.2. The van der Waals surface area contributed by atoms with Crippen molar-refractivity contribution < 1.29 is 9.53 Å². The van der Waals surface area contributed by atoms with Gasteiger partial charge < -0.3 is 9.30 Å². The Hall–Kier alpha value is -4.12. The lowest BCUT2D eigenvalue weighted by Crippen LogP contribution is -2.19. The van der Waals surface area contributed by atoms with E-state index in [2.05, 4.69) is 29.6 Å². The monoisotopic (exact) mass is 423 g/mol. The van der Waals surface area contributed by atoms with Crippen molar-refractivity contribution >= 4 is 11.6 Å². The fourth-order valence-corrected chi connectivity index (χ4v) is 3.28. The van der Waals surface area contributed by atoms with Crippen LogP contribution in [0.1, 0.15) is 34.0 Å². The molecule has 5 heteroatoms. The van der Waals surface area contributed by atoms with Gasteiger partial charge in [-0.15, -0.1) is 0 Å². The molecule has 0 bridgehead atoms. The van der Waals surface area contributed by atoms with Gasteiger partial charge in [-0.2, -0.15) is 5.10 Å². The minimum Gasteiger partial charge on any atom is -0.489 e. The van der Waals surface area contributed by atoms with Crippen molar-refractivity contribution in [2.75, 3.05) is 0 Å². The van der Waals surface area contributed by atoms with E-state index in [9.17, 15) is 4.79 Å². The third-order valence-corrected chi connectivity index (χ3v) is 5.28. The smallest absolute Gasteiger partial charge is 0.271 e. The number of nitrogens with one attached hydrogen (secondary N) is 1. The number of hydrogen-bond donors (Lipinski definition) is 1. The number of aromatic nitrogens is 1. The van der Waals surface area contributed by atoms with Gasteiger partial charge in [-0.25, -0.2) is 5.43 Å². The molecule has 0 saturated heterocycles. The molecule has 5 nitrogen and oxygen atoms in total. The van der Waals surface area contributed by atoms with Crippen molar-refractivity contribution in [2.45, 2.75) is 20.5 Å². The van der Waals surface area contributed by atoms with Gasteiger partial charge in [0.2, 0.25) is 0 Å². The van der Waals surface area contributed by atoms with Crippen LogP contribution in [0.15, 0.2) is 102 Å². The zero-order chi connectivity index (χ0) is 22.3. The van der Waals surface area contributed by atoms with Crippen molar-refractivity contribution in [1.29, 1.82) is 0 Å². The molecule has 0 saturated carbocycles. The summed E-state index contributed by atoms with van der Waals surface area (Å²) in [5.74, 6) is 0.540. The van der Waals surface area contributed by atoms with Crippen molar-refractivity contribution in [3.63, 3.8) is 0 Å². The molecule has 4 aromatic rings. The van der Waals surface area contributed by atoms with Crippen LogP contribution in [0.4, 0.5) is 0 Å². The van der Waals surface area contributed by atoms with E-state index in [4.69, 9.17) is 4.74 Å². The zero-order valence-corrected chi connectivity index (χ0v) is 18.2. The molecule has 0 unspecified atom stereocenters. The van der Waals surface area contributed by atoms with Crippen LogP contribution in [0.3, 0.4) is 0 Å². The third kappa shape index (κ3) is 5.13. The molecule has 1 heterocycles. The second-order valence-corrected chi connectivity index (χ2v) is 7.51. The summed E-state index contributed by atoms with van der Waals surface area (Å²) in [7, 11) is 0. The van der Waals surface area contributed by atoms with E-state index < -0.39 is 0 Å². The Bertz CT molecular complexity index is 1210. The van der Waals surface area contributed by atoms with Crippen LogP contribution in [0.25, 0.3) is 5.69 Å². The van der Waals surface area contributed by atoms with Crippen LogP contribution in [0, 0.1) is 6.92 Å². The van der Waals surface area contributed by atoms with E-state index in [0.29, 0.717) is 17.9 Å². The van der Waals surface area contributed by atoms with Crippen LogP contribution < -0.4 is 10.2 Å². The molecule has 3 aromatic carbocycles. The topological polar surface area (TPSA) is 55.6 Å². The Morgan fingerprint density at radius 1 is 0.875 bits per heavy atom. The Labute approximate surface area is 188 Å². The van der Waals surface area contributed by atoms with Crippen molar-refractivity contribution in [1.82, 2.24) is 9.99 Å². The highest BCUT2D eigenvalue weighted by molar-refractivity contribution is 6.00. The highest BCUT2D eigenvalue weighted by Gasteiger charge is 2.06. The summed E-state index contributed by atoms with van der Waals surface area (Å²) < 4.78 is 7.87. The molecule has 0 fully saturated rings. The van der Waals surface area contributed by atoms with Crippen LogP contribution in [-0.4, -0.2) is 16.2 Å². The second-order valence-electron chi connectivity index (χ2n) is 7.51. The Morgan fingerprint density at radius 3 is 2.22 bits per heavy atom. The van der Waals surface area contributed by atoms with Crippen molar-refractivity contribution in [2.24, 2.45) is 5.10 Å². The molecule has 1 amide bonds. The van der Waals surface area contributed by atoms with Gasteiger partial charge in [-0.1, -0.05) is 24.3 Å². The van der Waals surface area contributed by atoms with Crippen molar-refractivity contribution in [3.05, 3.63) is 120 Å². The van der Waals surface area contributed by atoms with E-state index in [-0.39, 0.29) is 5.91 Å². The number of carbonyl (C=O) groups excluding carboxylic acids is 1. The lowest BCUT2D eigenvalue weighted by atomic mass is 10.1. The summed E-state index contributed by atoms with van der Waals surface area (Å²) in [6, 6.07) is 27.2. The molecule has 0 radical (unpaired) electrons. The zero-order valence-electron chi connectivity index (χ0n) is 18.2. The summed E-state index contributed by atoms with van der Waals surface area (Å²) >= 11 is 0. The van der Waals surface area contributed by atoms with Crippen LogP contribution in [-0.2, 0) is 6.61 Å². The molecule has 160 valence electrons. The van der Waals surface area contributed by atoms with Gasteiger partial charge in [-0.05, 0) is 91.2 Å². The van der Waals surface area contributed by atoms with Gasteiger partial charge in [0.1, 0.15) is 12.4 Å². The molecule has 32 heavy (non-hydrogen) atoms. The van der Waals surface area contributed by atoms with E-state index in [0.717, 1.165) is 17.0 Å². The van der Waals surface area contributed by atoms with E-state index in [1.54, 1.807) is 12.1 Å². The molecule has 4 rings (SSSR count). The van der Waals surface area contributed by atoms with Gasteiger partial charge >= 0.3 is 0 Å². The maximum Gasteiger partial charge on any atom is 0.271 e. The number of rotatable bonds is 7. The summed E-state index contributed by atoms with van der Waals surface area (Å²) in [6.45, 7) is 4.46. The average molecular weight is 424 g/mol. The highest BCUT2D eigenvalue weighted by atomic mass is 16.5. The molecule has 1 N–H and O–H groups in total. The van der Waals surface area contributed by atoms with Crippen molar-refractivity contribution in [3.8, 4) is 11.4 Å². The summed E-state index contributed by atoms with van der Waals surface area (Å²) in [5.41, 5.74) is 8.18. The predicted octanol–water partition coefficient (Wildman–Crippen LogP) is 5.52. The first-order chi connectivity index (χ1) is 15.6. The van der Waals surface area contributed by atoms with E-state index in [1.165, 1.54) is 11.1 Å². The summed E-state index contributed by atoms with van der Waals surface area (Å²) in [6.07, 6.45) is 3.92. The third-order valence-electron chi connectivity index (χ3n) is 5.28. The van der Waals surface area contributed by atoms with Crippen LogP contribution in [0.2, 0.25) is 0 Å². The standard InChI is InChI=1S/C27H25N3O2/c1-20-7-3-4-8-24(20)19-32-26-15-11-22(12-16-26)21(2)28-29-27(31)23-9-13-25(14-10-23)30-17-5-6-18-30/h3-18H,19H2,1-2H3,(H,29,31). The number of hydrogen-bond acceptors (Lipinski definition) is 3. The maximum atomic E-state index is 12.4. The number of benzene rings is 3. The number of amides is 1. The van der Waals surface area contributed by atoms with Gasteiger partial charge in [0, 0.05) is 23.6 Å². The van der Waals surface area contributed by atoms with Crippen LogP contribution in [0.5, 0.6) is 5.75 Å². The fraction of sp³-hybridized carbons (Fsp3) is 0.111. The predicted molar refractivity (Wildman–Crippen MR) is 127 cm³/mol. The number of ether oxygens (including phenoxy) is 1. The quantitative estimate of drug-likeness (QED) is 0.314. The molecule has 0 atom stereocenters. The lowest BCUT2D eigenvalue weighted by Gasteiger charge is -2.09. The number of carbonyl (C=O) groups is 1. The molecule has 0 spiro atoms. The minimum absolute atomic E-state index is 0.249. The van der Waals surface area contributed by atoms with Gasteiger partial charge in [-0.3, -0.25) is 4.79 Å². The number of hydrazone groups is 1. The van der Waals surface area contributed by atoms with Gasteiger partial charge in [0.05, 0.1) is 5.71 Å². The molecule has 0 aliphatic heterocycles. The highest BCUT2D eigenvalue weighted by Crippen LogP contribution is 2.16. The number of aryl methyl sites for hydroxylation is 1. The first-order valence-corrected chi connectivity index (χ1v) is 10.5. The Kier molecular flexibility index (Phi) is 6.46. The Balaban J connectivity index is 1.34. The summed E-state index contributed by atoms with van der Waals surface area (Å²) in [5, 5.41) is 4.25. The first kappa shape index (κ1) is 21.1. The molecule has 0 aliphatic carbocycles. The van der Waals surface area contributed by atoms with Gasteiger partial charge in [0.15, 0.2) is 0 Å². The fourth-order valence-electron chi connectivity index (χ4n) is 3.28. The molecule has 0 aliphatic rings. The average Bonchev–Trinajstić information content (AvgIpc) is 3.37. The number of nitrogens with zero attached hydrogens (tertiary/aromatic N) is 2. The SMILES string of the molecule is CC(=NNC(=O)c1ccc(-n2cccc2)cc1)c1ccc(OCc2ccccc2C)cc1. The van der Waals surface area contributed by atoms with E-state index >= 15 is 0 Å². The molecular weight excluding hydrogens is 398 g/mol. The lowest BCUT2D eigenvalue weighted by molar-refractivity contribution is 0.0955. The van der Waals surface area contributed by atoms with E-state index in [1.807, 2.05) is 84.5 Å². The summed E-state index contributed by atoms with van der Waals surface area (Å²) in [4.78, 5) is 12.4. The molecular formula is C27H25N3O2. The van der Waals surface area contributed by atoms with Crippen LogP contribution >= 0.6 is 0 Å². The molecule has 1 aromatic heterocycles. The van der Waals surface area contributed by atoms with Gasteiger partial charge in [0.25, 0.3) is 5.91 Å². The largest absolute Gasteiger partial charge is 0.489 e. The minimum atomic E-state index is -0.249. The Morgan fingerprint density at radius 2 is 1.53 bits per heavy atom.